The van der Waals surface area contributed by atoms with Gasteiger partial charge in [0.1, 0.15) is 0 Å². The molecule has 1 aromatic heterocycles. The van der Waals surface area contributed by atoms with Crippen LogP contribution in [0, 0.1) is 41.5 Å². The molecule has 0 bridgehead atoms. The number of rotatable bonds is 4. The molecule has 5 heteroatoms. The summed E-state index contributed by atoms with van der Waals surface area (Å²) in [5.41, 5.74) is 10.5. The monoisotopic (exact) mass is 443 g/mol. The lowest BCUT2D eigenvalue weighted by atomic mass is 10.1. The highest BCUT2D eigenvalue weighted by Gasteiger charge is 2.24. The number of amidine groups is 1. The molecule has 1 aliphatic rings. The molecule has 0 saturated carbocycles. The number of benzene rings is 2. The second-order valence-corrected chi connectivity index (χ2v) is 9.72. The lowest BCUT2D eigenvalue weighted by Gasteiger charge is -2.12. The van der Waals surface area contributed by atoms with Gasteiger partial charge in [0.2, 0.25) is 0 Å². The highest BCUT2D eigenvalue weighted by Crippen LogP contribution is 2.30. The van der Waals surface area contributed by atoms with Crippen LogP contribution in [-0.4, -0.2) is 15.6 Å². The van der Waals surface area contributed by atoms with E-state index in [4.69, 9.17) is 0 Å². The summed E-state index contributed by atoms with van der Waals surface area (Å²) in [7, 11) is 0. The van der Waals surface area contributed by atoms with Crippen LogP contribution in [0.1, 0.15) is 44.8 Å². The normalized spacial score (nSPS) is 16.2. The molecule has 0 aliphatic carbocycles. The van der Waals surface area contributed by atoms with E-state index in [0.29, 0.717) is 16.6 Å². The van der Waals surface area contributed by atoms with Crippen LogP contribution >= 0.6 is 11.8 Å². The summed E-state index contributed by atoms with van der Waals surface area (Å²) in [6.45, 7) is 13.2. The fourth-order valence-electron chi connectivity index (χ4n) is 4.38. The number of aromatic nitrogens is 1. The molecule has 4 nitrogen and oxygen atoms in total. The Morgan fingerprint density at radius 3 is 2.09 bits per heavy atom. The Hall–Kier alpha value is -3.05. The third-order valence-corrected chi connectivity index (χ3v) is 6.51. The minimum Gasteiger partial charge on any atom is -0.318 e. The van der Waals surface area contributed by atoms with Crippen molar-refractivity contribution in [3.8, 4) is 5.69 Å². The van der Waals surface area contributed by atoms with Gasteiger partial charge in [-0.1, -0.05) is 35.4 Å². The standard InChI is InChI=1S/C27H29N3OS/c1-16-7-17(2)10-22(9-16)15-28-27-29-26(31)25(32-27)14-23-13-20(5)30(21(23)6)24-11-18(3)8-19(4)12-24/h7-14H,15H2,1-6H3,(H,28,29,31). The van der Waals surface area contributed by atoms with Crippen LogP contribution in [0.4, 0.5) is 0 Å². The van der Waals surface area contributed by atoms with Gasteiger partial charge in [0, 0.05) is 17.1 Å². The summed E-state index contributed by atoms with van der Waals surface area (Å²) in [5, 5.41) is 3.57. The zero-order valence-corrected chi connectivity index (χ0v) is 20.4. The van der Waals surface area contributed by atoms with Gasteiger partial charge in [0.25, 0.3) is 5.91 Å². The average molecular weight is 444 g/mol. The largest absolute Gasteiger partial charge is 0.318 e. The number of hydrogen-bond donors (Lipinski definition) is 1. The first-order valence-corrected chi connectivity index (χ1v) is 11.6. The molecule has 32 heavy (non-hydrogen) atoms. The first kappa shape index (κ1) is 22.2. The van der Waals surface area contributed by atoms with E-state index in [0.717, 1.165) is 28.2 Å². The molecule has 2 aromatic carbocycles. The Balaban J connectivity index is 1.58. The third-order valence-electron chi connectivity index (χ3n) is 5.56. The molecule has 1 N–H and O–H groups in total. The Labute approximate surface area is 194 Å². The number of amides is 1. The van der Waals surface area contributed by atoms with E-state index in [1.54, 1.807) is 0 Å². The molecular weight excluding hydrogens is 414 g/mol. The number of carbonyl (C=O) groups is 1. The summed E-state index contributed by atoms with van der Waals surface area (Å²) < 4.78 is 2.25. The van der Waals surface area contributed by atoms with Crippen LogP contribution < -0.4 is 5.32 Å². The summed E-state index contributed by atoms with van der Waals surface area (Å²) in [4.78, 5) is 17.9. The van der Waals surface area contributed by atoms with Gasteiger partial charge in [0.15, 0.2) is 5.17 Å². The van der Waals surface area contributed by atoms with E-state index < -0.39 is 0 Å². The van der Waals surface area contributed by atoms with Crippen LogP contribution in [-0.2, 0) is 11.3 Å². The molecule has 3 aromatic rings. The summed E-state index contributed by atoms with van der Waals surface area (Å²) in [6, 6.07) is 15.1. The van der Waals surface area contributed by atoms with E-state index in [9.17, 15) is 4.79 Å². The van der Waals surface area contributed by atoms with Crippen LogP contribution in [0.25, 0.3) is 11.8 Å². The molecule has 2 heterocycles. The molecule has 1 saturated heterocycles. The first-order chi connectivity index (χ1) is 15.2. The lowest BCUT2D eigenvalue weighted by molar-refractivity contribution is -0.115. The molecule has 0 unspecified atom stereocenters. The molecular formula is C27H29N3OS. The average Bonchev–Trinajstić information content (AvgIpc) is 3.17. The first-order valence-electron chi connectivity index (χ1n) is 10.8. The van der Waals surface area contributed by atoms with Crippen LogP contribution in [0.2, 0.25) is 0 Å². The number of aryl methyl sites for hydroxylation is 5. The predicted molar refractivity (Wildman–Crippen MR) is 135 cm³/mol. The number of hydrogen-bond acceptors (Lipinski definition) is 3. The highest BCUT2D eigenvalue weighted by molar-refractivity contribution is 8.18. The molecule has 4 rings (SSSR count). The van der Waals surface area contributed by atoms with Crippen LogP contribution in [0.3, 0.4) is 0 Å². The van der Waals surface area contributed by atoms with Gasteiger partial charge < -0.3 is 9.88 Å². The SMILES string of the molecule is Cc1cc(C)cc(CN=C2NC(=O)C(=Cc3cc(C)n(-c4cc(C)cc(C)c4)c3C)S2)c1. The fourth-order valence-corrected chi connectivity index (χ4v) is 5.19. The van der Waals surface area contributed by atoms with Gasteiger partial charge in [-0.25, -0.2) is 0 Å². The van der Waals surface area contributed by atoms with E-state index in [1.165, 1.54) is 34.0 Å². The minimum atomic E-state index is -0.0922. The molecule has 1 amide bonds. The molecule has 1 fully saturated rings. The highest BCUT2D eigenvalue weighted by atomic mass is 32.2. The molecule has 1 aliphatic heterocycles. The van der Waals surface area contributed by atoms with Crippen molar-refractivity contribution in [2.24, 2.45) is 4.99 Å². The van der Waals surface area contributed by atoms with Crippen molar-refractivity contribution < 1.29 is 4.79 Å². The van der Waals surface area contributed by atoms with Crippen molar-refractivity contribution >= 4 is 28.9 Å². The number of nitrogens with one attached hydrogen (secondary N) is 1. The molecule has 0 spiro atoms. The molecule has 0 atom stereocenters. The lowest BCUT2D eigenvalue weighted by Crippen LogP contribution is -2.19. The third kappa shape index (κ3) is 4.73. The molecule has 164 valence electrons. The second kappa shape index (κ2) is 8.83. The van der Waals surface area contributed by atoms with Gasteiger partial charge in [-0.2, -0.15) is 0 Å². The maximum Gasteiger partial charge on any atom is 0.264 e. The van der Waals surface area contributed by atoms with Gasteiger partial charge in [0.05, 0.1) is 11.4 Å². The van der Waals surface area contributed by atoms with E-state index in [1.807, 2.05) is 6.08 Å². The topological polar surface area (TPSA) is 46.4 Å². The van der Waals surface area contributed by atoms with E-state index in [2.05, 4.69) is 98.9 Å². The van der Waals surface area contributed by atoms with Crippen molar-refractivity contribution in [2.75, 3.05) is 0 Å². The van der Waals surface area contributed by atoms with Gasteiger partial charge in [-0.15, -0.1) is 0 Å². The van der Waals surface area contributed by atoms with Crippen molar-refractivity contribution in [3.63, 3.8) is 0 Å². The van der Waals surface area contributed by atoms with Crippen LogP contribution in [0.5, 0.6) is 0 Å². The maximum atomic E-state index is 12.6. The van der Waals surface area contributed by atoms with Crippen molar-refractivity contribution in [1.82, 2.24) is 9.88 Å². The second-order valence-electron chi connectivity index (χ2n) is 8.69. The Morgan fingerprint density at radius 1 is 0.875 bits per heavy atom. The van der Waals surface area contributed by atoms with Crippen molar-refractivity contribution in [1.29, 1.82) is 0 Å². The van der Waals surface area contributed by atoms with Gasteiger partial charge >= 0.3 is 0 Å². The Kier molecular flexibility index (Phi) is 6.11. The Bertz CT molecular complexity index is 1240. The fraction of sp³-hybridized carbons (Fsp3) is 0.259. The number of thioether (sulfide) groups is 1. The number of aliphatic imine (C=N–C) groups is 1. The van der Waals surface area contributed by atoms with Gasteiger partial charge in [-0.3, -0.25) is 9.79 Å². The number of nitrogens with zero attached hydrogens (tertiary/aromatic N) is 2. The zero-order chi connectivity index (χ0) is 23.0. The maximum absolute atomic E-state index is 12.6. The zero-order valence-electron chi connectivity index (χ0n) is 19.5. The summed E-state index contributed by atoms with van der Waals surface area (Å²) >= 11 is 1.41. The van der Waals surface area contributed by atoms with Crippen LogP contribution in [0.15, 0.2) is 52.4 Å². The quantitative estimate of drug-likeness (QED) is 0.496. The predicted octanol–water partition coefficient (Wildman–Crippen LogP) is 6.09. The van der Waals surface area contributed by atoms with Gasteiger partial charge in [-0.05, 0) is 99.8 Å². The summed E-state index contributed by atoms with van der Waals surface area (Å²) in [5.74, 6) is -0.0922. The minimum absolute atomic E-state index is 0.0922. The smallest absolute Gasteiger partial charge is 0.264 e. The van der Waals surface area contributed by atoms with E-state index in [-0.39, 0.29) is 5.91 Å². The Morgan fingerprint density at radius 2 is 1.47 bits per heavy atom. The van der Waals surface area contributed by atoms with Crippen molar-refractivity contribution in [2.45, 2.75) is 48.1 Å². The van der Waals surface area contributed by atoms with Crippen molar-refractivity contribution in [3.05, 3.63) is 92.1 Å². The van der Waals surface area contributed by atoms with E-state index >= 15 is 0 Å². The molecule has 0 radical (unpaired) electrons. The number of carbonyl (C=O) groups excluding carboxylic acids is 1. The summed E-state index contributed by atoms with van der Waals surface area (Å²) in [6.07, 6.45) is 1.97.